The van der Waals surface area contributed by atoms with Crippen LogP contribution < -0.4 is 5.32 Å². The third-order valence-electron chi connectivity index (χ3n) is 3.42. The molecule has 17 heavy (non-hydrogen) atoms. The van der Waals surface area contributed by atoms with Gasteiger partial charge in [0.2, 0.25) is 0 Å². The van der Waals surface area contributed by atoms with E-state index in [1.54, 1.807) is 0 Å². The molecular weight excluding hydrogens is 210 g/mol. The molecule has 2 rings (SSSR count). The topological polar surface area (TPSA) is 21.3 Å². The Morgan fingerprint density at radius 3 is 2.82 bits per heavy atom. The molecule has 94 valence electrons. The van der Waals surface area contributed by atoms with Crippen LogP contribution in [0, 0.1) is 5.92 Å². The summed E-state index contributed by atoms with van der Waals surface area (Å²) in [6.07, 6.45) is 4.93. The van der Waals surface area contributed by atoms with Crippen molar-refractivity contribution in [3.05, 3.63) is 35.9 Å². The summed E-state index contributed by atoms with van der Waals surface area (Å²) in [4.78, 5) is 0. The van der Waals surface area contributed by atoms with Crippen molar-refractivity contribution in [3.63, 3.8) is 0 Å². The Hall–Kier alpha value is -0.860. The molecule has 1 aliphatic heterocycles. The van der Waals surface area contributed by atoms with E-state index in [0.717, 1.165) is 32.2 Å². The summed E-state index contributed by atoms with van der Waals surface area (Å²) in [7, 11) is 0. The van der Waals surface area contributed by atoms with Gasteiger partial charge in [-0.3, -0.25) is 0 Å². The molecule has 1 aliphatic rings. The maximum absolute atomic E-state index is 5.37. The quantitative estimate of drug-likeness (QED) is 0.731. The molecule has 0 aliphatic carbocycles. The second-order valence-electron chi connectivity index (χ2n) is 4.86. The van der Waals surface area contributed by atoms with Gasteiger partial charge in [0.25, 0.3) is 0 Å². The lowest BCUT2D eigenvalue weighted by molar-refractivity contribution is 0.184. The first-order valence-electron chi connectivity index (χ1n) is 6.77. The fourth-order valence-electron chi connectivity index (χ4n) is 2.30. The second-order valence-corrected chi connectivity index (χ2v) is 4.86. The van der Waals surface area contributed by atoms with E-state index in [0.29, 0.717) is 0 Å². The minimum atomic E-state index is 0.802. The molecule has 1 unspecified atom stereocenters. The van der Waals surface area contributed by atoms with Crippen LogP contribution in [0.25, 0.3) is 0 Å². The largest absolute Gasteiger partial charge is 0.381 e. The van der Waals surface area contributed by atoms with Gasteiger partial charge >= 0.3 is 0 Å². The van der Waals surface area contributed by atoms with E-state index in [1.165, 1.54) is 31.2 Å². The van der Waals surface area contributed by atoms with Crippen molar-refractivity contribution in [2.45, 2.75) is 25.7 Å². The zero-order valence-electron chi connectivity index (χ0n) is 10.5. The van der Waals surface area contributed by atoms with Crippen LogP contribution in [-0.4, -0.2) is 26.3 Å². The van der Waals surface area contributed by atoms with Crippen molar-refractivity contribution < 1.29 is 4.74 Å². The lowest BCUT2D eigenvalue weighted by atomic mass is 10.1. The van der Waals surface area contributed by atoms with Crippen LogP contribution in [-0.2, 0) is 11.2 Å². The Bertz CT molecular complexity index is 293. The fourth-order valence-corrected chi connectivity index (χ4v) is 2.30. The van der Waals surface area contributed by atoms with Crippen molar-refractivity contribution in [2.75, 3.05) is 26.3 Å². The number of aryl methyl sites for hydroxylation is 1. The molecule has 1 N–H and O–H groups in total. The molecule has 0 radical (unpaired) electrons. The lowest BCUT2D eigenvalue weighted by Crippen LogP contribution is -2.20. The number of hydrogen-bond acceptors (Lipinski definition) is 2. The summed E-state index contributed by atoms with van der Waals surface area (Å²) >= 11 is 0. The Morgan fingerprint density at radius 2 is 2.06 bits per heavy atom. The number of nitrogens with one attached hydrogen (secondary N) is 1. The predicted octanol–water partition coefficient (Wildman–Crippen LogP) is 2.64. The van der Waals surface area contributed by atoms with Gasteiger partial charge in [0.05, 0.1) is 0 Å². The number of hydrogen-bond donors (Lipinski definition) is 1. The predicted molar refractivity (Wildman–Crippen MR) is 71.2 cm³/mol. The van der Waals surface area contributed by atoms with Crippen molar-refractivity contribution >= 4 is 0 Å². The van der Waals surface area contributed by atoms with Crippen LogP contribution in [0.2, 0.25) is 0 Å². The Morgan fingerprint density at radius 1 is 1.18 bits per heavy atom. The highest BCUT2D eigenvalue weighted by Crippen LogP contribution is 2.15. The van der Waals surface area contributed by atoms with Crippen LogP contribution in [0.1, 0.15) is 24.8 Å². The monoisotopic (exact) mass is 233 g/mol. The zero-order chi connectivity index (χ0) is 11.8. The average Bonchev–Trinajstić information content (AvgIpc) is 2.88. The SMILES string of the molecule is c1ccc(CCCNCCC2CCOC2)cc1. The van der Waals surface area contributed by atoms with Gasteiger partial charge in [0.1, 0.15) is 0 Å². The molecule has 1 atom stereocenters. The molecule has 0 spiro atoms. The molecular formula is C15H23NO. The number of ether oxygens (including phenoxy) is 1. The lowest BCUT2D eigenvalue weighted by Gasteiger charge is -2.08. The summed E-state index contributed by atoms with van der Waals surface area (Å²) in [5, 5.41) is 3.53. The summed E-state index contributed by atoms with van der Waals surface area (Å²) in [6.45, 7) is 4.22. The highest BCUT2D eigenvalue weighted by Gasteiger charge is 2.14. The third-order valence-corrected chi connectivity index (χ3v) is 3.42. The summed E-state index contributed by atoms with van der Waals surface area (Å²) in [5.74, 6) is 0.802. The van der Waals surface area contributed by atoms with E-state index in [-0.39, 0.29) is 0 Å². The van der Waals surface area contributed by atoms with Gasteiger partial charge < -0.3 is 10.1 Å². The molecule has 1 saturated heterocycles. The Balaban J connectivity index is 1.46. The normalized spacial score (nSPS) is 19.6. The van der Waals surface area contributed by atoms with Crippen LogP contribution >= 0.6 is 0 Å². The molecule has 0 bridgehead atoms. The third kappa shape index (κ3) is 4.88. The van der Waals surface area contributed by atoms with E-state index in [9.17, 15) is 0 Å². The minimum Gasteiger partial charge on any atom is -0.381 e. The molecule has 0 amide bonds. The molecule has 1 aromatic carbocycles. The molecule has 0 saturated carbocycles. The van der Waals surface area contributed by atoms with Gasteiger partial charge in [0, 0.05) is 13.2 Å². The van der Waals surface area contributed by atoms with E-state index < -0.39 is 0 Å². The Kier molecular flexibility index (Phi) is 5.53. The van der Waals surface area contributed by atoms with Crippen LogP contribution in [0.3, 0.4) is 0 Å². The van der Waals surface area contributed by atoms with E-state index in [4.69, 9.17) is 4.74 Å². The van der Waals surface area contributed by atoms with Crippen molar-refractivity contribution in [1.29, 1.82) is 0 Å². The highest BCUT2D eigenvalue weighted by molar-refractivity contribution is 5.14. The summed E-state index contributed by atoms with van der Waals surface area (Å²) in [5.41, 5.74) is 1.44. The smallest absolute Gasteiger partial charge is 0.0495 e. The zero-order valence-corrected chi connectivity index (χ0v) is 10.5. The van der Waals surface area contributed by atoms with Gasteiger partial charge in [-0.2, -0.15) is 0 Å². The standard InChI is InChI=1S/C15H23NO/c1-2-5-14(6-3-1)7-4-10-16-11-8-15-9-12-17-13-15/h1-3,5-6,15-16H,4,7-13H2. The van der Waals surface area contributed by atoms with Gasteiger partial charge in [-0.15, -0.1) is 0 Å². The van der Waals surface area contributed by atoms with Crippen LogP contribution in [0.5, 0.6) is 0 Å². The van der Waals surface area contributed by atoms with Crippen LogP contribution in [0.15, 0.2) is 30.3 Å². The van der Waals surface area contributed by atoms with E-state index >= 15 is 0 Å². The molecule has 1 fully saturated rings. The second kappa shape index (κ2) is 7.46. The first-order valence-corrected chi connectivity index (χ1v) is 6.77. The molecule has 0 aromatic heterocycles. The molecule has 1 aromatic rings. The van der Waals surface area contributed by atoms with Crippen molar-refractivity contribution in [3.8, 4) is 0 Å². The highest BCUT2D eigenvalue weighted by atomic mass is 16.5. The van der Waals surface area contributed by atoms with Crippen molar-refractivity contribution in [2.24, 2.45) is 5.92 Å². The molecule has 2 heteroatoms. The first kappa shape index (κ1) is 12.6. The van der Waals surface area contributed by atoms with Gasteiger partial charge in [0.15, 0.2) is 0 Å². The Labute approximate surface area is 104 Å². The molecule has 1 heterocycles. The van der Waals surface area contributed by atoms with Gasteiger partial charge in [-0.05, 0) is 50.3 Å². The first-order chi connectivity index (χ1) is 8.45. The van der Waals surface area contributed by atoms with Gasteiger partial charge in [-0.1, -0.05) is 30.3 Å². The fraction of sp³-hybridized carbons (Fsp3) is 0.600. The van der Waals surface area contributed by atoms with Gasteiger partial charge in [-0.25, -0.2) is 0 Å². The van der Waals surface area contributed by atoms with Crippen LogP contribution in [0.4, 0.5) is 0 Å². The molecule has 2 nitrogen and oxygen atoms in total. The maximum atomic E-state index is 5.37. The number of rotatable bonds is 7. The minimum absolute atomic E-state index is 0.802. The summed E-state index contributed by atoms with van der Waals surface area (Å²) < 4.78 is 5.37. The van der Waals surface area contributed by atoms with E-state index in [1.807, 2.05) is 0 Å². The van der Waals surface area contributed by atoms with Crippen molar-refractivity contribution in [1.82, 2.24) is 5.32 Å². The van der Waals surface area contributed by atoms with E-state index in [2.05, 4.69) is 35.6 Å². The maximum Gasteiger partial charge on any atom is 0.0495 e. The average molecular weight is 233 g/mol. The summed E-state index contributed by atoms with van der Waals surface area (Å²) in [6, 6.07) is 10.7. The number of benzene rings is 1.